The van der Waals surface area contributed by atoms with Crippen molar-refractivity contribution in [3.05, 3.63) is 65.7 Å². The van der Waals surface area contributed by atoms with E-state index in [0.29, 0.717) is 0 Å². The molecule has 0 fully saturated rings. The number of alkyl carbamates (subject to hydrolysis) is 1. The Morgan fingerprint density at radius 2 is 1.36 bits per heavy atom. The molecule has 0 saturated carbocycles. The van der Waals surface area contributed by atoms with E-state index in [2.05, 4.69) is 41.4 Å². The third-order valence-corrected chi connectivity index (χ3v) is 3.65. The Balaban J connectivity index is -0.000000475. The lowest BCUT2D eigenvalue weighted by Crippen LogP contribution is -2.41. The number of carbonyl (C=O) groups is 3. The molecule has 0 aromatic heterocycles. The molecule has 0 aliphatic rings. The molecule has 2 aromatic rings. The van der Waals surface area contributed by atoms with Crippen molar-refractivity contribution in [3.8, 4) is 5.75 Å². The van der Waals surface area contributed by atoms with Gasteiger partial charge in [0.25, 0.3) is 0 Å². The quantitative estimate of drug-likeness (QED) is 0.640. The molecule has 2 N–H and O–H groups in total. The fraction of sp³-hybridized carbons (Fsp3) is 0.400. The standard InChI is InChI=1S/C10H18N2O5.C8H10O.C7H8.2H2/c1-10(2,3)17-9(15)12-5-7(13)11-6-8(14)16-4;1-7-3-5-8(9-2)6-4-7;1-7-5-3-2-4-6-7;;/h5-6H2,1-4H3,(H,11,13)(H,12,15);3-6H,1-2H3;2-6H,1H3;2*1H. The molecule has 2 amide bonds. The molecule has 0 radical (unpaired) electrons. The van der Waals surface area contributed by atoms with Gasteiger partial charge in [-0.05, 0) is 46.8 Å². The lowest BCUT2D eigenvalue weighted by molar-refractivity contribution is -0.141. The average Bonchev–Trinajstić information content (AvgIpc) is 2.77. The first-order valence-electron chi connectivity index (χ1n) is 10.4. The van der Waals surface area contributed by atoms with E-state index in [9.17, 15) is 14.4 Å². The van der Waals surface area contributed by atoms with Crippen LogP contribution in [0, 0.1) is 13.8 Å². The lowest BCUT2D eigenvalue weighted by Gasteiger charge is -2.19. The molecule has 0 aliphatic heterocycles. The van der Waals surface area contributed by atoms with Crippen molar-refractivity contribution in [2.75, 3.05) is 27.3 Å². The molecule has 186 valence electrons. The Morgan fingerprint density at radius 3 is 1.79 bits per heavy atom. The predicted octanol–water partition coefficient (Wildman–Crippen LogP) is 4.29. The maximum atomic E-state index is 11.2. The first-order chi connectivity index (χ1) is 15.5. The van der Waals surface area contributed by atoms with E-state index in [-0.39, 0.29) is 15.9 Å². The van der Waals surface area contributed by atoms with E-state index in [1.807, 2.05) is 42.5 Å². The highest BCUT2D eigenvalue weighted by molar-refractivity contribution is 5.85. The van der Waals surface area contributed by atoms with E-state index in [1.165, 1.54) is 18.2 Å². The molecular weight excluding hydrogens is 424 g/mol. The summed E-state index contributed by atoms with van der Waals surface area (Å²) in [5.74, 6) is -0.141. The van der Waals surface area contributed by atoms with Gasteiger partial charge in [0.05, 0.1) is 14.2 Å². The van der Waals surface area contributed by atoms with E-state index in [0.717, 1.165) is 5.75 Å². The minimum atomic E-state index is -0.689. The molecule has 0 heterocycles. The zero-order valence-corrected chi connectivity index (χ0v) is 20.6. The highest BCUT2D eigenvalue weighted by Crippen LogP contribution is 2.09. The molecule has 0 spiro atoms. The summed E-state index contributed by atoms with van der Waals surface area (Å²) in [6.07, 6.45) is -0.689. The second-order valence-corrected chi connectivity index (χ2v) is 7.88. The summed E-state index contributed by atoms with van der Waals surface area (Å²) in [6.45, 7) is 8.79. The molecule has 0 unspecified atom stereocenters. The highest BCUT2D eigenvalue weighted by atomic mass is 16.6. The number of ether oxygens (including phenoxy) is 3. The normalized spacial score (nSPS) is 9.67. The van der Waals surface area contributed by atoms with Crippen LogP contribution in [0.4, 0.5) is 4.79 Å². The van der Waals surface area contributed by atoms with Crippen LogP contribution in [0.3, 0.4) is 0 Å². The lowest BCUT2D eigenvalue weighted by atomic mass is 10.2. The number of methoxy groups -OCH3 is 2. The molecule has 0 atom stereocenters. The van der Waals surface area contributed by atoms with Gasteiger partial charge < -0.3 is 24.8 Å². The van der Waals surface area contributed by atoms with Crippen LogP contribution in [0.2, 0.25) is 0 Å². The van der Waals surface area contributed by atoms with Crippen LogP contribution >= 0.6 is 0 Å². The SMILES string of the molecule is COC(=O)CNC(=O)CNC(=O)OC(C)(C)C.COc1ccc(C)cc1.Cc1ccccc1.[HH].[HH]. The third-order valence-electron chi connectivity index (χ3n) is 3.65. The van der Waals surface area contributed by atoms with Gasteiger partial charge in [0, 0.05) is 2.85 Å². The number of benzene rings is 2. The topological polar surface area (TPSA) is 103 Å². The maximum absolute atomic E-state index is 11.2. The Morgan fingerprint density at radius 1 is 0.818 bits per heavy atom. The monoisotopic (exact) mass is 464 g/mol. The van der Waals surface area contributed by atoms with Gasteiger partial charge in [0.2, 0.25) is 5.91 Å². The molecule has 0 aliphatic carbocycles. The largest absolute Gasteiger partial charge is 0.497 e. The predicted molar refractivity (Wildman–Crippen MR) is 132 cm³/mol. The van der Waals surface area contributed by atoms with Crippen molar-refractivity contribution >= 4 is 18.0 Å². The average molecular weight is 465 g/mol. The van der Waals surface area contributed by atoms with Gasteiger partial charge >= 0.3 is 12.1 Å². The highest BCUT2D eigenvalue weighted by Gasteiger charge is 2.16. The zero-order chi connectivity index (χ0) is 25.3. The summed E-state index contributed by atoms with van der Waals surface area (Å²) >= 11 is 0. The van der Waals surface area contributed by atoms with Crippen molar-refractivity contribution in [1.82, 2.24) is 10.6 Å². The number of esters is 1. The van der Waals surface area contributed by atoms with Gasteiger partial charge in [-0.1, -0.05) is 53.6 Å². The smallest absolute Gasteiger partial charge is 0.408 e. The van der Waals surface area contributed by atoms with Crippen molar-refractivity contribution < 1.29 is 31.4 Å². The Bertz CT molecular complexity index is 841. The molecule has 0 bridgehead atoms. The maximum Gasteiger partial charge on any atom is 0.408 e. The van der Waals surface area contributed by atoms with Crippen molar-refractivity contribution in [3.63, 3.8) is 0 Å². The number of nitrogens with one attached hydrogen (secondary N) is 2. The second-order valence-electron chi connectivity index (χ2n) is 7.88. The van der Waals surface area contributed by atoms with Crippen LogP contribution in [-0.2, 0) is 19.1 Å². The van der Waals surface area contributed by atoms with Gasteiger partial charge in [-0.2, -0.15) is 0 Å². The second kappa shape index (κ2) is 16.1. The fourth-order valence-corrected chi connectivity index (χ4v) is 1.98. The van der Waals surface area contributed by atoms with Crippen molar-refractivity contribution in [2.45, 2.75) is 40.2 Å². The molecule has 33 heavy (non-hydrogen) atoms. The van der Waals surface area contributed by atoms with Gasteiger partial charge in [-0.15, -0.1) is 0 Å². The zero-order valence-electron chi connectivity index (χ0n) is 20.6. The minimum Gasteiger partial charge on any atom is -0.497 e. The van der Waals surface area contributed by atoms with Gasteiger partial charge in [0.1, 0.15) is 24.4 Å². The van der Waals surface area contributed by atoms with Crippen LogP contribution < -0.4 is 15.4 Å². The number of amides is 2. The van der Waals surface area contributed by atoms with Gasteiger partial charge in [0.15, 0.2) is 0 Å². The molecule has 2 rings (SSSR count). The summed E-state index contributed by atoms with van der Waals surface area (Å²) in [4.78, 5) is 33.0. The van der Waals surface area contributed by atoms with Crippen molar-refractivity contribution in [2.24, 2.45) is 0 Å². The van der Waals surface area contributed by atoms with Gasteiger partial charge in [-0.3, -0.25) is 9.59 Å². The van der Waals surface area contributed by atoms with E-state index in [1.54, 1.807) is 27.9 Å². The van der Waals surface area contributed by atoms with E-state index >= 15 is 0 Å². The molecule has 0 saturated heterocycles. The Hall–Kier alpha value is -3.55. The number of hydrogen-bond acceptors (Lipinski definition) is 6. The summed E-state index contributed by atoms with van der Waals surface area (Å²) < 4.78 is 14.2. The first kappa shape index (κ1) is 29.5. The van der Waals surface area contributed by atoms with E-state index in [4.69, 9.17) is 9.47 Å². The molecular formula is C25H40N2O6. The first-order valence-corrected chi connectivity index (χ1v) is 10.4. The van der Waals surface area contributed by atoms with Gasteiger partial charge in [-0.25, -0.2) is 4.79 Å². The van der Waals surface area contributed by atoms with Crippen LogP contribution in [0.25, 0.3) is 0 Å². The summed E-state index contributed by atoms with van der Waals surface area (Å²) in [5, 5.41) is 4.52. The summed E-state index contributed by atoms with van der Waals surface area (Å²) in [5.41, 5.74) is 1.96. The van der Waals surface area contributed by atoms with Crippen LogP contribution in [0.15, 0.2) is 54.6 Å². The summed E-state index contributed by atoms with van der Waals surface area (Å²) in [6, 6.07) is 18.2. The number of aryl methyl sites for hydroxylation is 2. The molecule has 8 heteroatoms. The van der Waals surface area contributed by atoms with E-state index < -0.39 is 23.6 Å². The number of carbonyl (C=O) groups excluding carboxylic acids is 3. The van der Waals surface area contributed by atoms with Crippen LogP contribution in [0.1, 0.15) is 34.8 Å². The number of hydrogen-bond donors (Lipinski definition) is 2. The molecule has 2 aromatic carbocycles. The third kappa shape index (κ3) is 17.8. The van der Waals surface area contributed by atoms with Crippen molar-refractivity contribution in [1.29, 1.82) is 0 Å². The molecule has 8 nitrogen and oxygen atoms in total. The van der Waals surface area contributed by atoms with Crippen LogP contribution in [0.5, 0.6) is 5.75 Å². The Labute approximate surface area is 199 Å². The summed E-state index contributed by atoms with van der Waals surface area (Å²) in [7, 11) is 2.89. The Kier molecular flexibility index (Phi) is 14.4. The number of rotatable bonds is 5. The van der Waals surface area contributed by atoms with Crippen LogP contribution in [-0.4, -0.2) is 50.9 Å². The minimum absolute atomic E-state index is 0. The fourth-order valence-electron chi connectivity index (χ4n) is 1.98.